The highest BCUT2D eigenvalue weighted by atomic mass is 19.1. The Labute approximate surface area is 414 Å². The third-order valence-corrected chi connectivity index (χ3v) is 13.9. The number of nitrogens with zero attached hydrogens (tertiary/aromatic N) is 8. The van der Waals surface area contributed by atoms with E-state index in [4.69, 9.17) is 9.84 Å². The van der Waals surface area contributed by atoms with E-state index in [1.807, 2.05) is 40.2 Å². The normalized spacial score (nSPS) is 17.9. The molecule has 386 valence electrons. The van der Waals surface area contributed by atoms with Gasteiger partial charge in [0.1, 0.15) is 40.4 Å². The van der Waals surface area contributed by atoms with E-state index in [9.17, 15) is 52.2 Å². The van der Waals surface area contributed by atoms with Crippen molar-refractivity contribution in [3.05, 3.63) is 108 Å². The van der Waals surface area contributed by atoms with Crippen LogP contribution in [0.1, 0.15) is 69.8 Å². The third-order valence-electron chi connectivity index (χ3n) is 13.9. The van der Waals surface area contributed by atoms with Crippen molar-refractivity contribution < 1.29 is 47.6 Å². The Morgan fingerprint density at radius 1 is 0.671 bits per heavy atom. The van der Waals surface area contributed by atoms with Crippen molar-refractivity contribution in [1.82, 2.24) is 34.2 Å². The predicted octanol–water partition coefficient (Wildman–Crippen LogP) is 3.79. The van der Waals surface area contributed by atoms with Gasteiger partial charge < -0.3 is 64.0 Å². The van der Waals surface area contributed by atoms with Crippen molar-refractivity contribution in [2.45, 2.75) is 45.3 Å². The van der Waals surface area contributed by atoms with Gasteiger partial charge in [-0.3, -0.25) is 14.4 Å². The largest absolute Gasteiger partial charge is 0.487 e. The molecule has 4 fully saturated rings. The Morgan fingerprint density at radius 3 is 1.79 bits per heavy atom. The molecule has 2 aromatic carbocycles. The molecule has 0 amide bonds. The van der Waals surface area contributed by atoms with E-state index in [1.165, 1.54) is 24.7 Å². The first-order valence-corrected chi connectivity index (χ1v) is 24.2. The molecule has 0 radical (unpaired) electrons. The van der Waals surface area contributed by atoms with Gasteiger partial charge in [0, 0.05) is 115 Å². The lowest BCUT2D eigenvalue weighted by atomic mass is 10.1. The first-order valence-electron chi connectivity index (χ1n) is 24.2. The number of hydrogen-bond acceptors (Lipinski definition) is 14. The van der Waals surface area contributed by atoms with Gasteiger partial charge in [-0.1, -0.05) is 0 Å². The fraction of sp³-hybridized carbons (Fsp3) is 0.420. The second-order valence-electron chi connectivity index (χ2n) is 18.7. The molecule has 8 heterocycles. The number of nitrogens with one attached hydrogen (secondary N) is 2. The average Bonchev–Trinajstić information content (AvgIpc) is 4.23. The molecule has 1 atom stereocenters. The summed E-state index contributed by atoms with van der Waals surface area (Å²) in [6.45, 7) is 13.0. The topological polar surface area (TPSA) is 237 Å². The molecular formula is C50H55F3N10O10. The minimum Gasteiger partial charge on any atom is -0.487 e. The Bertz CT molecular complexity index is 3380. The molecule has 6 aromatic rings. The van der Waals surface area contributed by atoms with E-state index in [2.05, 4.69) is 20.5 Å². The van der Waals surface area contributed by atoms with E-state index in [-0.39, 0.29) is 57.4 Å². The summed E-state index contributed by atoms with van der Waals surface area (Å²) in [6, 6.07) is 5.17. The molecule has 0 bridgehead atoms. The Morgan fingerprint density at radius 2 is 1.21 bits per heavy atom. The highest BCUT2D eigenvalue weighted by Gasteiger charge is 2.32. The molecule has 1 unspecified atom stereocenters. The molecule has 11 rings (SSSR count). The predicted molar refractivity (Wildman–Crippen MR) is 267 cm³/mol. The number of aromatic carboxylic acids is 3. The third kappa shape index (κ3) is 9.78. The Hall–Kier alpha value is -7.50. The lowest BCUT2D eigenvalue weighted by Gasteiger charge is -2.37. The van der Waals surface area contributed by atoms with Crippen LogP contribution >= 0.6 is 0 Å². The van der Waals surface area contributed by atoms with Crippen molar-refractivity contribution in [1.29, 1.82) is 0 Å². The van der Waals surface area contributed by atoms with Crippen molar-refractivity contribution in [3.63, 3.8) is 0 Å². The molecule has 3 saturated heterocycles. The summed E-state index contributed by atoms with van der Waals surface area (Å²) in [4.78, 5) is 83.4. The van der Waals surface area contributed by atoms with Crippen LogP contribution in [0.25, 0.3) is 32.8 Å². The quantitative estimate of drug-likeness (QED) is 0.146. The molecule has 1 aliphatic carbocycles. The second-order valence-corrected chi connectivity index (χ2v) is 18.7. The average molecular weight is 1010 g/mol. The maximum absolute atomic E-state index is 15.0. The Balaban J connectivity index is 0.000000135. The van der Waals surface area contributed by atoms with Crippen LogP contribution in [-0.2, 0) is 6.54 Å². The molecule has 0 spiro atoms. The van der Waals surface area contributed by atoms with E-state index in [1.54, 1.807) is 15.2 Å². The fourth-order valence-corrected chi connectivity index (χ4v) is 9.77. The molecule has 23 heteroatoms. The second kappa shape index (κ2) is 20.5. The van der Waals surface area contributed by atoms with Crippen LogP contribution < -0.4 is 46.4 Å². The number of benzene rings is 2. The molecule has 5 N–H and O–H groups in total. The number of carboxylic acid groups (broad SMARTS) is 3. The number of anilines is 3. The summed E-state index contributed by atoms with van der Waals surface area (Å²) in [5.41, 5.74) is -0.853. The smallest absolute Gasteiger partial charge is 0.341 e. The minimum absolute atomic E-state index is 0.0110. The summed E-state index contributed by atoms with van der Waals surface area (Å²) in [5, 5.41) is 34.3. The summed E-state index contributed by atoms with van der Waals surface area (Å²) in [6.07, 6.45) is 5.90. The molecule has 1 saturated carbocycles. The summed E-state index contributed by atoms with van der Waals surface area (Å²) in [7, 11) is 2.02. The lowest BCUT2D eigenvalue weighted by molar-refractivity contribution is 0.0683. The van der Waals surface area contributed by atoms with Crippen LogP contribution in [-0.4, -0.2) is 149 Å². The number of hydrogen-bond donors (Lipinski definition) is 5. The van der Waals surface area contributed by atoms with Crippen LogP contribution in [0.3, 0.4) is 0 Å². The van der Waals surface area contributed by atoms with Gasteiger partial charge in [-0.2, -0.15) is 0 Å². The first kappa shape index (κ1) is 50.4. The Kier molecular flexibility index (Phi) is 14.2. The van der Waals surface area contributed by atoms with Crippen LogP contribution in [0.4, 0.5) is 30.4 Å². The number of halogens is 3. The summed E-state index contributed by atoms with van der Waals surface area (Å²) < 4.78 is 55.0. The highest BCUT2D eigenvalue weighted by Crippen LogP contribution is 2.42. The number of carboxylic acids is 3. The number of carbonyl (C=O) groups is 3. The van der Waals surface area contributed by atoms with Crippen molar-refractivity contribution >= 4 is 67.9 Å². The number of fused-ring (bicyclic) bond motifs is 2. The molecular weight excluding hydrogens is 958 g/mol. The lowest BCUT2D eigenvalue weighted by Crippen LogP contribution is -2.45. The number of aryl methyl sites for hydroxylation is 1. The zero-order valence-electron chi connectivity index (χ0n) is 40.4. The van der Waals surface area contributed by atoms with Gasteiger partial charge in [-0.05, 0) is 58.0 Å². The van der Waals surface area contributed by atoms with Crippen LogP contribution in [0.5, 0.6) is 5.75 Å². The molecule has 20 nitrogen and oxygen atoms in total. The van der Waals surface area contributed by atoms with Crippen molar-refractivity contribution in [3.8, 4) is 5.75 Å². The summed E-state index contributed by atoms with van der Waals surface area (Å²) >= 11 is 0. The monoisotopic (exact) mass is 1010 g/mol. The maximum atomic E-state index is 15.0. The number of piperazine rings is 3. The van der Waals surface area contributed by atoms with E-state index in [0.29, 0.717) is 79.6 Å². The maximum Gasteiger partial charge on any atom is 0.341 e. The number of ether oxygens (including phenoxy) is 1. The standard InChI is InChI=1S/C18H20FN3O4.C17H18FN3O3.C15H17FN4O3/c1-10-9-26-17-14-11(16(23)12(18(24)25)8-22(10)14)7-13(19)15(17)21-5-3-20(2)4-6-21;18-13-7-11-14(8-15(13)20-5-3-19-4-6-20)21(10-1-2-10)9-12(16(11)22)17(23)24;1-2-19-8-10(15(22)23)12(21)9-7-11(16)14(18-13(9)19)20-5-3-17-4-6-20/h7-8,10H,3-6,9H2,1-2H3,(H,24,25);7-10,19H,1-6H2,(H,23,24);7-8,17H,2-6H2,1H3,(H,22,23). The van der Waals surface area contributed by atoms with Gasteiger partial charge >= 0.3 is 17.9 Å². The van der Waals surface area contributed by atoms with Gasteiger partial charge in [-0.25, -0.2) is 32.5 Å². The van der Waals surface area contributed by atoms with Gasteiger partial charge in [0.15, 0.2) is 23.2 Å². The number of rotatable bonds is 8. The molecule has 5 aliphatic rings. The van der Waals surface area contributed by atoms with Gasteiger partial charge in [0.05, 0.1) is 33.5 Å². The highest BCUT2D eigenvalue weighted by molar-refractivity contribution is 5.98. The first-order chi connectivity index (χ1) is 35.0. The van der Waals surface area contributed by atoms with Crippen LogP contribution in [0.15, 0.2) is 57.2 Å². The van der Waals surface area contributed by atoms with Crippen LogP contribution in [0.2, 0.25) is 0 Å². The van der Waals surface area contributed by atoms with Gasteiger partial charge in [0.2, 0.25) is 16.3 Å². The minimum atomic E-state index is -1.33. The van der Waals surface area contributed by atoms with E-state index in [0.717, 1.165) is 64.2 Å². The van der Waals surface area contributed by atoms with Crippen molar-refractivity contribution in [2.75, 3.05) is 107 Å². The molecule has 4 aliphatic heterocycles. The molecule has 4 aromatic heterocycles. The van der Waals surface area contributed by atoms with Crippen LogP contribution in [0, 0.1) is 17.5 Å². The molecule has 73 heavy (non-hydrogen) atoms. The number of aromatic nitrogens is 4. The zero-order valence-corrected chi connectivity index (χ0v) is 40.4. The van der Waals surface area contributed by atoms with Crippen molar-refractivity contribution in [2.24, 2.45) is 0 Å². The van der Waals surface area contributed by atoms with Gasteiger partial charge in [-0.15, -0.1) is 0 Å². The number of pyridine rings is 4. The number of likely N-dealkylation sites (N-methyl/N-ethyl adjacent to an activating group) is 1. The zero-order chi connectivity index (χ0) is 52.0. The summed E-state index contributed by atoms with van der Waals surface area (Å²) in [5.74, 6) is -5.04. The SMILES string of the molecule is CC1COc2c(N3CCN(C)CC3)c(F)cc3c(=O)c(C(=O)O)cn1c23.CCn1cc(C(=O)O)c(=O)c2cc(F)c(N3CCNCC3)nc21.O=C(O)c1cn(C2CC2)c2cc(N3CCNCC3)c(F)cc2c1=O. The van der Waals surface area contributed by atoms with E-state index >= 15 is 0 Å². The fourth-order valence-electron chi connectivity index (χ4n) is 9.77. The van der Waals surface area contributed by atoms with Gasteiger partial charge in [0.25, 0.3) is 0 Å². The van der Waals surface area contributed by atoms with E-state index < -0.39 is 51.6 Å².